The van der Waals surface area contributed by atoms with Gasteiger partial charge in [0.05, 0.1) is 0 Å². The Bertz CT molecular complexity index is 288. The van der Waals surface area contributed by atoms with Crippen molar-refractivity contribution in [2.24, 2.45) is 5.41 Å². The Labute approximate surface area is 99.0 Å². The third-order valence-corrected chi connectivity index (χ3v) is 4.24. The lowest BCUT2D eigenvalue weighted by Gasteiger charge is -2.25. The minimum Gasteiger partial charge on any atom is -0.396 e. The third kappa shape index (κ3) is 5.79. The van der Waals surface area contributed by atoms with E-state index < -0.39 is 10.2 Å². The molecule has 0 aromatic heterocycles. The Balaban J connectivity index is 4.24. The zero-order valence-corrected chi connectivity index (χ0v) is 11.5. The highest BCUT2D eigenvalue weighted by Crippen LogP contribution is 2.18. The Hall–Kier alpha value is -0.170. The van der Waals surface area contributed by atoms with Crippen LogP contribution in [0.25, 0.3) is 0 Å². The van der Waals surface area contributed by atoms with E-state index in [1.165, 1.54) is 11.4 Å². The molecule has 0 spiro atoms. The molecule has 0 aliphatic carbocycles. The molecule has 0 rings (SSSR count). The second-order valence-electron chi connectivity index (χ2n) is 4.74. The van der Waals surface area contributed by atoms with E-state index in [9.17, 15) is 8.42 Å². The van der Waals surface area contributed by atoms with Crippen LogP contribution >= 0.6 is 0 Å². The average molecular weight is 252 g/mol. The summed E-state index contributed by atoms with van der Waals surface area (Å²) in [5.74, 6) is 0. The number of aliphatic hydroxyl groups excluding tert-OH is 1. The summed E-state index contributed by atoms with van der Waals surface area (Å²) in [4.78, 5) is 0. The van der Waals surface area contributed by atoms with E-state index in [4.69, 9.17) is 5.11 Å². The number of hydrogen-bond acceptors (Lipinski definition) is 3. The minimum atomic E-state index is -3.40. The van der Waals surface area contributed by atoms with Gasteiger partial charge in [-0.25, -0.2) is 4.72 Å². The van der Waals surface area contributed by atoms with Crippen LogP contribution in [0.4, 0.5) is 0 Å². The molecule has 0 aromatic carbocycles. The van der Waals surface area contributed by atoms with Gasteiger partial charge in [-0.05, 0) is 18.3 Å². The van der Waals surface area contributed by atoms with Gasteiger partial charge in [0, 0.05) is 26.7 Å². The predicted molar refractivity (Wildman–Crippen MR) is 65.3 cm³/mol. The van der Waals surface area contributed by atoms with Crippen LogP contribution in [0, 0.1) is 5.41 Å². The molecule has 0 fully saturated rings. The highest BCUT2D eigenvalue weighted by Gasteiger charge is 2.22. The lowest BCUT2D eigenvalue weighted by Crippen LogP contribution is -2.42. The summed E-state index contributed by atoms with van der Waals surface area (Å²) in [6.45, 7) is 6.82. The number of aliphatic hydroxyl groups is 1. The molecule has 0 aliphatic heterocycles. The van der Waals surface area contributed by atoms with E-state index in [1.807, 2.05) is 20.8 Å². The van der Waals surface area contributed by atoms with E-state index >= 15 is 0 Å². The van der Waals surface area contributed by atoms with Gasteiger partial charge in [-0.1, -0.05) is 20.8 Å². The standard InChI is InChI=1S/C10H24N2O3S/c1-5-10(2,3)9-11-16(14,15)12(4)7-6-8-13/h11,13H,5-9H2,1-4H3. The molecule has 98 valence electrons. The lowest BCUT2D eigenvalue weighted by atomic mass is 9.91. The smallest absolute Gasteiger partial charge is 0.279 e. The number of nitrogens with zero attached hydrogens (tertiary/aromatic N) is 1. The molecule has 6 heteroatoms. The topological polar surface area (TPSA) is 69.6 Å². The van der Waals surface area contributed by atoms with Gasteiger partial charge in [0.25, 0.3) is 10.2 Å². The molecular formula is C10H24N2O3S. The average Bonchev–Trinajstić information content (AvgIpc) is 2.23. The molecular weight excluding hydrogens is 228 g/mol. The molecule has 0 unspecified atom stereocenters. The van der Waals surface area contributed by atoms with Crippen molar-refractivity contribution in [3.63, 3.8) is 0 Å². The molecule has 2 N–H and O–H groups in total. The zero-order chi connectivity index (χ0) is 12.8. The van der Waals surface area contributed by atoms with Crippen LogP contribution in [0.15, 0.2) is 0 Å². The van der Waals surface area contributed by atoms with Crippen LogP contribution in [0.1, 0.15) is 33.6 Å². The monoisotopic (exact) mass is 252 g/mol. The maximum atomic E-state index is 11.7. The SMILES string of the molecule is CCC(C)(C)CNS(=O)(=O)N(C)CCCO. The van der Waals surface area contributed by atoms with E-state index in [0.717, 1.165) is 6.42 Å². The normalized spacial score (nSPS) is 13.4. The van der Waals surface area contributed by atoms with Gasteiger partial charge in [0.2, 0.25) is 0 Å². The number of rotatable bonds is 8. The largest absolute Gasteiger partial charge is 0.396 e. The molecule has 0 radical (unpaired) electrons. The first-order chi connectivity index (χ1) is 7.25. The van der Waals surface area contributed by atoms with Crippen molar-refractivity contribution < 1.29 is 13.5 Å². The second kappa shape index (κ2) is 6.54. The number of nitrogens with one attached hydrogen (secondary N) is 1. The fraction of sp³-hybridized carbons (Fsp3) is 1.00. The van der Waals surface area contributed by atoms with Crippen molar-refractivity contribution in [2.75, 3.05) is 26.7 Å². The second-order valence-corrected chi connectivity index (χ2v) is 6.60. The van der Waals surface area contributed by atoms with Gasteiger partial charge in [-0.15, -0.1) is 0 Å². The van der Waals surface area contributed by atoms with Gasteiger partial charge in [0.1, 0.15) is 0 Å². The molecule has 5 nitrogen and oxygen atoms in total. The summed E-state index contributed by atoms with van der Waals surface area (Å²) in [6.07, 6.45) is 1.37. The zero-order valence-electron chi connectivity index (χ0n) is 10.7. The molecule has 0 bridgehead atoms. The maximum absolute atomic E-state index is 11.7. The summed E-state index contributed by atoms with van der Waals surface area (Å²) >= 11 is 0. The molecule has 0 saturated carbocycles. The maximum Gasteiger partial charge on any atom is 0.279 e. The van der Waals surface area contributed by atoms with Crippen molar-refractivity contribution >= 4 is 10.2 Å². The third-order valence-electron chi connectivity index (χ3n) is 2.73. The Morgan fingerprint density at radius 3 is 2.38 bits per heavy atom. The van der Waals surface area contributed by atoms with Crippen LogP contribution in [-0.2, 0) is 10.2 Å². The van der Waals surface area contributed by atoms with Gasteiger partial charge < -0.3 is 5.11 Å². The van der Waals surface area contributed by atoms with Gasteiger partial charge in [-0.2, -0.15) is 12.7 Å². The van der Waals surface area contributed by atoms with Crippen LogP contribution in [0.5, 0.6) is 0 Å². The molecule has 0 amide bonds. The van der Waals surface area contributed by atoms with Gasteiger partial charge >= 0.3 is 0 Å². The summed E-state index contributed by atoms with van der Waals surface area (Å²) in [7, 11) is -1.89. The highest BCUT2D eigenvalue weighted by atomic mass is 32.2. The Kier molecular flexibility index (Phi) is 6.47. The first-order valence-electron chi connectivity index (χ1n) is 5.57. The van der Waals surface area contributed by atoms with E-state index in [2.05, 4.69) is 4.72 Å². The van der Waals surface area contributed by atoms with E-state index in [-0.39, 0.29) is 12.0 Å². The van der Waals surface area contributed by atoms with E-state index in [0.29, 0.717) is 19.5 Å². The molecule has 0 aromatic rings. The Morgan fingerprint density at radius 2 is 1.94 bits per heavy atom. The van der Waals surface area contributed by atoms with E-state index in [1.54, 1.807) is 0 Å². The Morgan fingerprint density at radius 1 is 1.38 bits per heavy atom. The van der Waals surface area contributed by atoms with Crippen LogP contribution < -0.4 is 4.72 Å². The van der Waals surface area contributed by atoms with Crippen molar-refractivity contribution in [3.8, 4) is 0 Å². The summed E-state index contributed by atoms with van der Waals surface area (Å²) < 4.78 is 27.3. The van der Waals surface area contributed by atoms with Gasteiger partial charge in [0.15, 0.2) is 0 Å². The lowest BCUT2D eigenvalue weighted by molar-refractivity contribution is 0.274. The fourth-order valence-electron chi connectivity index (χ4n) is 0.935. The summed E-state index contributed by atoms with van der Waals surface area (Å²) in [5.41, 5.74) is -0.0368. The quantitative estimate of drug-likeness (QED) is 0.663. The summed E-state index contributed by atoms with van der Waals surface area (Å²) in [6, 6.07) is 0. The summed E-state index contributed by atoms with van der Waals surface area (Å²) in [5, 5.41) is 8.64. The highest BCUT2D eigenvalue weighted by molar-refractivity contribution is 7.87. The van der Waals surface area contributed by atoms with Crippen LogP contribution in [-0.4, -0.2) is 44.6 Å². The van der Waals surface area contributed by atoms with Crippen molar-refractivity contribution in [1.82, 2.24) is 9.03 Å². The predicted octanol–water partition coefficient (Wildman–Crippen LogP) is 0.571. The van der Waals surface area contributed by atoms with Crippen LogP contribution in [0.2, 0.25) is 0 Å². The molecule has 16 heavy (non-hydrogen) atoms. The fourth-order valence-corrected chi connectivity index (χ4v) is 2.10. The van der Waals surface area contributed by atoms with Crippen molar-refractivity contribution in [3.05, 3.63) is 0 Å². The first-order valence-corrected chi connectivity index (χ1v) is 7.01. The molecule has 0 aliphatic rings. The first kappa shape index (κ1) is 15.8. The molecule has 0 atom stereocenters. The minimum absolute atomic E-state index is 0.000311. The van der Waals surface area contributed by atoms with Gasteiger partial charge in [-0.3, -0.25) is 0 Å². The number of hydrogen-bond donors (Lipinski definition) is 2. The molecule has 0 saturated heterocycles. The van der Waals surface area contributed by atoms with Crippen molar-refractivity contribution in [2.45, 2.75) is 33.6 Å². The van der Waals surface area contributed by atoms with Crippen LogP contribution in [0.3, 0.4) is 0 Å². The molecule has 0 heterocycles. The van der Waals surface area contributed by atoms with Crippen molar-refractivity contribution in [1.29, 1.82) is 0 Å².